The summed E-state index contributed by atoms with van der Waals surface area (Å²) in [5, 5.41) is 4.00. The van der Waals surface area contributed by atoms with Gasteiger partial charge in [0.15, 0.2) is 18.7 Å². The second kappa shape index (κ2) is 14.0. The van der Waals surface area contributed by atoms with E-state index in [1.54, 1.807) is 30.7 Å². The van der Waals surface area contributed by atoms with Crippen LogP contribution in [0.25, 0.3) is 10.8 Å². The number of amides is 1. The Morgan fingerprint density at radius 2 is 1.74 bits per heavy atom. The van der Waals surface area contributed by atoms with Gasteiger partial charge in [0.05, 0.1) is 36.4 Å². The van der Waals surface area contributed by atoms with Crippen molar-refractivity contribution in [2.75, 3.05) is 51.3 Å². The number of likely N-dealkylation sites (tertiary alicyclic amines) is 1. The second-order valence-electron chi connectivity index (χ2n) is 12.6. The molecule has 3 fully saturated rings. The second-order valence-corrected chi connectivity index (χ2v) is 12.6. The number of anilines is 1. The summed E-state index contributed by atoms with van der Waals surface area (Å²) in [4.78, 5) is 52.5. The fourth-order valence-electron chi connectivity index (χ4n) is 7.00. The van der Waals surface area contributed by atoms with Crippen molar-refractivity contribution < 1.29 is 28.2 Å². The lowest BCUT2D eigenvalue weighted by Crippen LogP contribution is -2.47. The highest BCUT2D eigenvalue weighted by atomic mass is 19.1. The van der Waals surface area contributed by atoms with Crippen LogP contribution in [-0.2, 0) is 4.79 Å². The van der Waals surface area contributed by atoms with Crippen molar-refractivity contribution in [1.82, 2.24) is 25.2 Å². The summed E-state index contributed by atoms with van der Waals surface area (Å²) in [6, 6.07) is 2.96. The zero-order chi connectivity index (χ0) is 33.0. The molecule has 1 N–H and O–H groups in total. The molecule has 1 aromatic carbocycles. The Labute approximate surface area is 273 Å². The Bertz CT molecular complexity index is 1690. The van der Waals surface area contributed by atoms with Crippen LogP contribution in [0, 0.1) is 23.2 Å². The van der Waals surface area contributed by atoms with E-state index in [-0.39, 0.29) is 6.61 Å². The van der Waals surface area contributed by atoms with Gasteiger partial charge < -0.3 is 19.7 Å². The number of alkyl halides is 1. The highest BCUT2D eigenvalue weighted by Gasteiger charge is 2.42. The number of rotatable bonds is 9. The van der Waals surface area contributed by atoms with Gasteiger partial charge in [-0.05, 0) is 62.7 Å². The van der Waals surface area contributed by atoms with E-state index in [0.29, 0.717) is 63.4 Å². The molecular weight excluding hydrogens is 603 g/mol. The number of hydrogen-bond donors (Lipinski definition) is 1. The number of aromatic nitrogens is 3. The molecule has 3 aliphatic heterocycles. The summed E-state index contributed by atoms with van der Waals surface area (Å²) in [6.07, 6.45) is 9.59. The summed E-state index contributed by atoms with van der Waals surface area (Å²) in [5.41, 5.74) is 1.83. The molecule has 1 amide bonds. The molecule has 2 aromatic heterocycles. The molecule has 11 nitrogen and oxygen atoms in total. The minimum atomic E-state index is -1.56. The predicted octanol–water partition coefficient (Wildman–Crippen LogP) is 3.63. The van der Waals surface area contributed by atoms with Gasteiger partial charge in [0.2, 0.25) is 11.8 Å². The third-order valence-electron chi connectivity index (χ3n) is 10.0. The summed E-state index contributed by atoms with van der Waals surface area (Å²) in [5.74, 6) is 6.84. The van der Waals surface area contributed by atoms with Crippen LogP contribution in [0.15, 0.2) is 30.7 Å². The average Bonchev–Trinajstić information content (AvgIpc) is 3.39. The molecule has 47 heavy (non-hydrogen) atoms. The van der Waals surface area contributed by atoms with Gasteiger partial charge in [-0.2, -0.15) is 0 Å². The first-order chi connectivity index (χ1) is 22.9. The lowest BCUT2D eigenvalue weighted by Gasteiger charge is -2.46. The van der Waals surface area contributed by atoms with E-state index >= 15 is 0 Å². The topological polar surface area (TPSA) is 127 Å². The third-order valence-corrected chi connectivity index (χ3v) is 10.0. The summed E-state index contributed by atoms with van der Waals surface area (Å²) in [6.45, 7) is 6.25. The number of pyridine rings is 1. The van der Waals surface area contributed by atoms with Crippen molar-refractivity contribution >= 4 is 35.2 Å². The fourth-order valence-corrected chi connectivity index (χ4v) is 7.00. The lowest BCUT2D eigenvalue weighted by molar-refractivity contribution is -0.123. The molecule has 0 radical (unpaired) electrons. The monoisotopic (exact) mass is 642 g/mol. The number of hydrogen-bond acceptors (Lipinski definition) is 10. The maximum atomic E-state index is 14.3. The maximum absolute atomic E-state index is 14.3. The highest BCUT2D eigenvalue weighted by Crippen LogP contribution is 2.41. The zero-order valence-electron chi connectivity index (χ0n) is 26.7. The largest absolute Gasteiger partial charge is 0.496 e. The van der Waals surface area contributed by atoms with Gasteiger partial charge in [-0.1, -0.05) is 18.8 Å². The molecule has 246 valence electrons. The Kier molecular flexibility index (Phi) is 9.63. The Balaban J connectivity index is 1.10. The van der Waals surface area contributed by atoms with E-state index in [9.17, 15) is 18.8 Å². The standard InChI is InChI=1S/C35H39FN6O5/c1-3-26-29(40-32(45)31(26)36)22-47-33-28-16-30(46-2)25(21-44)15-27(28)24(19-37-33)5-4-10-41-11-6-35(7-12-41)8-13-42(14-9-35)34-38-17-23(20-43)18-39-34/h15-21,26,29,31H,3,6-14,22H2,1-2H3,(H,40,45)/t26-,29?,31?/m0/s1. The maximum Gasteiger partial charge on any atom is 0.255 e. The predicted molar refractivity (Wildman–Crippen MR) is 174 cm³/mol. The van der Waals surface area contributed by atoms with Crippen molar-refractivity contribution in [1.29, 1.82) is 0 Å². The van der Waals surface area contributed by atoms with Gasteiger partial charge in [-0.3, -0.25) is 19.3 Å². The first-order valence-corrected chi connectivity index (χ1v) is 16.1. The number of carbonyl (C=O) groups is 3. The number of methoxy groups -OCH3 is 1. The van der Waals surface area contributed by atoms with Gasteiger partial charge in [0, 0.05) is 48.4 Å². The van der Waals surface area contributed by atoms with Crippen molar-refractivity contribution in [2.45, 2.75) is 51.2 Å². The molecule has 3 atom stereocenters. The Morgan fingerprint density at radius 1 is 1.02 bits per heavy atom. The van der Waals surface area contributed by atoms with Crippen molar-refractivity contribution in [3.05, 3.63) is 47.4 Å². The number of carbonyl (C=O) groups excluding carboxylic acids is 3. The molecule has 12 heteroatoms. The number of ether oxygens (including phenoxy) is 2. The quantitative estimate of drug-likeness (QED) is 0.273. The number of nitrogens with zero attached hydrogens (tertiary/aromatic N) is 5. The normalized spacial score (nSPS) is 22.4. The van der Waals surface area contributed by atoms with E-state index in [4.69, 9.17) is 9.47 Å². The fraction of sp³-hybridized carbons (Fsp3) is 0.486. The van der Waals surface area contributed by atoms with Crippen molar-refractivity contribution in [2.24, 2.45) is 11.3 Å². The first kappa shape index (κ1) is 32.3. The number of halogens is 1. The number of aldehydes is 2. The Morgan fingerprint density at radius 3 is 2.40 bits per heavy atom. The molecule has 3 aliphatic rings. The zero-order valence-corrected chi connectivity index (χ0v) is 26.7. The van der Waals surface area contributed by atoms with E-state index in [1.807, 2.05) is 6.92 Å². The highest BCUT2D eigenvalue weighted by molar-refractivity contribution is 5.97. The van der Waals surface area contributed by atoms with Gasteiger partial charge in [-0.25, -0.2) is 19.3 Å². The van der Waals surface area contributed by atoms with Gasteiger partial charge in [-0.15, -0.1) is 0 Å². The lowest BCUT2D eigenvalue weighted by atomic mass is 9.71. The summed E-state index contributed by atoms with van der Waals surface area (Å²) >= 11 is 0. The van der Waals surface area contributed by atoms with Crippen LogP contribution in [0.4, 0.5) is 10.3 Å². The minimum Gasteiger partial charge on any atom is -0.496 e. The van der Waals surface area contributed by atoms with Crippen molar-refractivity contribution in [3.8, 4) is 23.5 Å². The van der Waals surface area contributed by atoms with Crippen LogP contribution in [0.2, 0.25) is 0 Å². The van der Waals surface area contributed by atoms with Crippen LogP contribution < -0.4 is 19.7 Å². The molecule has 5 heterocycles. The smallest absolute Gasteiger partial charge is 0.255 e. The van der Waals surface area contributed by atoms with Crippen LogP contribution in [-0.4, -0.2) is 97.0 Å². The number of piperidine rings is 2. The molecule has 0 saturated carbocycles. The molecule has 0 aliphatic carbocycles. The van der Waals surface area contributed by atoms with E-state index in [2.05, 4.69) is 41.9 Å². The van der Waals surface area contributed by atoms with Gasteiger partial charge >= 0.3 is 0 Å². The SMILES string of the molecule is CC[C@H]1C(COc2ncc(C#CCN3CCC4(CC3)CCN(c3ncc(C=O)cn3)CC4)c3cc(C=O)c(OC)cc23)NC(=O)C1F. The van der Waals surface area contributed by atoms with Gasteiger partial charge in [0.25, 0.3) is 5.91 Å². The molecule has 6 rings (SSSR count). The minimum absolute atomic E-state index is 0.0618. The third kappa shape index (κ3) is 6.76. The van der Waals surface area contributed by atoms with E-state index < -0.39 is 24.0 Å². The van der Waals surface area contributed by atoms with Crippen LogP contribution >= 0.6 is 0 Å². The molecule has 1 spiro atoms. The van der Waals surface area contributed by atoms with Crippen LogP contribution in [0.1, 0.15) is 65.3 Å². The first-order valence-electron chi connectivity index (χ1n) is 16.1. The molecule has 3 aromatic rings. The number of fused-ring (bicyclic) bond motifs is 1. The average molecular weight is 643 g/mol. The molecule has 3 saturated heterocycles. The molecule has 0 bridgehead atoms. The summed E-state index contributed by atoms with van der Waals surface area (Å²) < 4.78 is 25.8. The van der Waals surface area contributed by atoms with Crippen LogP contribution in [0.3, 0.4) is 0 Å². The number of nitrogens with one attached hydrogen (secondary N) is 1. The van der Waals surface area contributed by atoms with E-state index in [1.165, 1.54) is 7.11 Å². The molecule has 2 unspecified atom stereocenters. The van der Waals surface area contributed by atoms with Crippen molar-refractivity contribution in [3.63, 3.8) is 0 Å². The Hall–Kier alpha value is -4.63. The number of benzene rings is 1. The van der Waals surface area contributed by atoms with E-state index in [0.717, 1.165) is 64.4 Å². The van der Waals surface area contributed by atoms with Crippen LogP contribution in [0.5, 0.6) is 11.6 Å². The molecular formula is C35H39FN6O5. The summed E-state index contributed by atoms with van der Waals surface area (Å²) in [7, 11) is 1.49. The van der Waals surface area contributed by atoms with Gasteiger partial charge in [0.1, 0.15) is 12.4 Å².